The molecule has 0 bridgehead atoms. The van der Waals surface area contributed by atoms with Crippen molar-refractivity contribution in [3.05, 3.63) is 188 Å². The Labute approximate surface area is 320 Å². The van der Waals surface area contributed by atoms with E-state index >= 15 is 0 Å². The van der Waals surface area contributed by atoms with Crippen molar-refractivity contribution in [1.82, 2.24) is 14.1 Å². The van der Waals surface area contributed by atoms with Gasteiger partial charge >= 0.3 is 0 Å². The van der Waals surface area contributed by atoms with E-state index in [4.69, 9.17) is 4.98 Å². The SMILES string of the molecule is c1ccc(-c2cccc(-n3c4ccccc4c4cc5c(cc43)sc3cc4c(cc35)c3cc(-c5cccc6ccccc56)ccc3n4-c3ccccc3)n2)cc1. The highest BCUT2D eigenvalue weighted by molar-refractivity contribution is 7.26. The van der Waals surface area contributed by atoms with Crippen molar-refractivity contribution in [3.8, 4) is 33.9 Å². The Morgan fingerprint density at radius 1 is 0.364 bits per heavy atom. The summed E-state index contributed by atoms with van der Waals surface area (Å²) in [5.74, 6) is 0.920. The molecule has 0 unspecified atom stereocenters. The van der Waals surface area contributed by atoms with Crippen LogP contribution >= 0.6 is 11.3 Å². The van der Waals surface area contributed by atoms with E-state index < -0.39 is 0 Å². The summed E-state index contributed by atoms with van der Waals surface area (Å²) in [7, 11) is 0. The summed E-state index contributed by atoms with van der Waals surface area (Å²) in [6.07, 6.45) is 0. The number of rotatable bonds is 4. The monoisotopic (exact) mass is 717 g/mol. The van der Waals surface area contributed by atoms with E-state index in [1.54, 1.807) is 0 Å². The van der Waals surface area contributed by atoms with Crippen LogP contribution in [0.2, 0.25) is 0 Å². The Bertz CT molecular complexity index is 3470. The van der Waals surface area contributed by atoms with Crippen LogP contribution in [0.3, 0.4) is 0 Å². The Kier molecular flexibility index (Phi) is 6.50. The zero-order chi connectivity index (χ0) is 36.0. The van der Waals surface area contributed by atoms with Gasteiger partial charge in [-0.3, -0.25) is 4.57 Å². The number of hydrogen-bond donors (Lipinski definition) is 0. The number of fused-ring (bicyclic) bond motifs is 10. The third-order valence-electron chi connectivity index (χ3n) is 11.3. The van der Waals surface area contributed by atoms with Crippen molar-refractivity contribution in [1.29, 1.82) is 0 Å². The van der Waals surface area contributed by atoms with Crippen LogP contribution in [0.1, 0.15) is 0 Å². The fraction of sp³-hybridized carbons (Fsp3) is 0. The van der Waals surface area contributed by atoms with Crippen LogP contribution in [0.4, 0.5) is 0 Å². The molecule has 3 nitrogen and oxygen atoms in total. The van der Waals surface area contributed by atoms with Crippen molar-refractivity contribution in [2.75, 3.05) is 0 Å². The molecule has 0 aliphatic heterocycles. The van der Waals surface area contributed by atoms with Gasteiger partial charge in [0.1, 0.15) is 5.82 Å². The third kappa shape index (κ3) is 4.59. The van der Waals surface area contributed by atoms with E-state index in [1.165, 1.54) is 80.2 Å². The molecular weight excluding hydrogens is 687 g/mol. The van der Waals surface area contributed by atoms with Crippen molar-refractivity contribution in [3.63, 3.8) is 0 Å². The molecule has 0 spiro atoms. The van der Waals surface area contributed by atoms with Gasteiger partial charge in [0.25, 0.3) is 0 Å². The van der Waals surface area contributed by atoms with Gasteiger partial charge in [0.05, 0.1) is 27.8 Å². The minimum atomic E-state index is 0.920. The average molecular weight is 718 g/mol. The first-order valence-corrected chi connectivity index (χ1v) is 19.5. The number of thiophene rings is 1. The third-order valence-corrected chi connectivity index (χ3v) is 12.4. The van der Waals surface area contributed by atoms with Gasteiger partial charge in [0, 0.05) is 53.0 Å². The van der Waals surface area contributed by atoms with Gasteiger partial charge < -0.3 is 4.57 Å². The number of pyridine rings is 1. The zero-order valence-corrected chi connectivity index (χ0v) is 30.5. The number of benzene rings is 8. The quantitative estimate of drug-likeness (QED) is 0.178. The summed E-state index contributed by atoms with van der Waals surface area (Å²) >= 11 is 1.87. The lowest BCUT2D eigenvalue weighted by Crippen LogP contribution is -1.98. The van der Waals surface area contributed by atoms with E-state index in [9.17, 15) is 0 Å². The lowest BCUT2D eigenvalue weighted by Gasteiger charge is -2.09. The normalized spacial score (nSPS) is 12.0. The second-order valence-electron chi connectivity index (χ2n) is 14.4. The van der Waals surface area contributed by atoms with Gasteiger partial charge in [-0.05, 0) is 88.6 Å². The van der Waals surface area contributed by atoms with Gasteiger partial charge in [0.2, 0.25) is 0 Å². The maximum atomic E-state index is 5.22. The van der Waals surface area contributed by atoms with E-state index in [2.05, 4.69) is 191 Å². The predicted molar refractivity (Wildman–Crippen MR) is 234 cm³/mol. The Balaban J connectivity index is 1.12. The maximum Gasteiger partial charge on any atom is 0.138 e. The molecule has 8 aromatic carbocycles. The van der Waals surface area contributed by atoms with Gasteiger partial charge in [-0.15, -0.1) is 11.3 Å². The van der Waals surface area contributed by atoms with Gasteiger partial charge in [-0.25, -0.2) is 4.98 Å². The van der Waals surface area contributed by atoms with E-state index in [-0.39, 0.29) is 0 Å². The topological polar surface area (TPSA) is 22.8 Å². The van der Waals surface area contributed by atoms with Crippen LogP contribution in [0, 0.1) is 0 Å². The first-order valence-electron chi connectivity index (χ1n) is 18.7. The lowest BCUT2D eigenvalue weighted by atomic mass is 9.97. The molecule has 0 N–H and O–H groups in total. The second-order valence-corrected chi connectivity index (χ2v) is 15.4. The highest BCUT2D eigenvalue weighted by Gasteiger charge is 2.20. The number of nitrogens with zero attached hydrogens (tertiary/aromatic N) is 3. The van der Waals surface area contributed by atoms with Crippen molar-refractivity contribution in [2.45, 2.75) is 0 Å². The molecule has 256 valence electrons. The van der Waals surface area contributed by atoms with E-state index in [0.29, 0.717) is 0 Å². The summed E-state index contributed by atoms with van der Waals surface area (Å²) in [6, 6.07) is 68.3. The predicted octanol–water partition coefficient (Wildman–Crippen LogP) is 14.1. The minimum Gasteiger partial charge on any atom is -0.309 e. The van der Waals surface area contributed by atoms with Gasteiger partial charge in [0.15, 0.2) is 0 Å². The average Bonchev–Trinajstić information content (AvgIpc) is 3.88. The molecule has 0 amide bonds. The summed E-state index contributed by atoms with van der Waals surface area (Å²) in [4.78, 5) is 5.22. The smallest absolute Gasteiger partial charge is 0.138 e. The molecule has 12 aromatic rings. The summed E-state index contributed by atoms with van der Waals surface area (Å²) < 4.78 is 7.32. The molecule has 0 aliphatic rings. The van der Waals surface area contributed by atoms with Crippen LogP contribution in [0.15, 0.2) is 188 Å². The Morgan fingerprint density at radius 3 is 1.80 bits per heavy atom. The maximum absolute atomic E-state index is 5.22. The summed E-state index contributed by atoms with van der Waals surface area (Å²) in [5.41, 5.74) is 10.5. The molecule has 55 heavy (non-hydrogen) atoms. The molecule has 12 rings (SSSR count). The van der Waals surface area contributed by atoms with Gasteiger partial charge in [-0.1, -0.05) is 121 Å². The van der Waals surface area contributed by atoms with Crippen LogP contribution in [0.5, 0.6) is 0 Å². The second kappa shape index (κ2) is 11.7. The van der Waals surface area contributed by atoms with Crippen LogP contribution in [0.25, 0.3) is 108 Å². The standard InChI is InChI=1S/C51H31N3S/c1-3-14-33(15-4-1)44-22-12-24-51(52-44)54-45-23-10-9-20-38(45)40-28-42-43-29-41-39-27-34(37-21-11-16-32-13-7-8-19-36(32)37)25-26-46(39)53(35-17-5-2-6-18-35)47(41)30-49(43)55-50(42)31-48(40)54/h1-31H. The van der Waals surface area contributed by atoms with Crippen LogP contribution in [-0.2, 0) is 0 Å². The van der Waals surface area contributed by atoms with Crippen molar-refractivity contribution < 1.29 is 0 Å². The summed E-state index contributed by atoms with van der Waals surface area (Å²) in [6.45, 7) is 0. The van der Waals surface area contributed by atoms with Crippen LogP contribution < -0.4 is 0 Å². The first-order chi connectivity index (χ1) is 27.3. The largest absolute Gasteiger partial charge is 0.309 e. The molecule has 0 radical (unpaired) electrons. The van der Waals surface area contributed by atoms with E-state index in [1.807, 2.05) is 17.4 Å². The molecule has 0 fully saturated rings. The molecular formula is C51H31N3S. The number of para-hydroxylation sites is 2. The highest BCUT2D eigenvalue weighted by atomic mass is 32.1. The van der Waals surface area contributed by atoms with E-state index in [0.717, 1.165) is 28.3 Å². The molecule has 4 heteroatoms. The highest BCUT2D eigenvalue weighted by Crippen LogP contribution is 2.44. The first kappa shape index (κ1) is 30.5. The van der Waals surface area contributed by atoms with Crippen LogP contribution in [-0.4, -0.2) is 14.1 Å². The molecule has 4 heterocycles. The molecule has 0 saturated carbocycles. The number of hydrogen-bond acceptors (Lipinski definition) is 2. The number of aromatic nitrogens is 3. The molecule has 4 aromatic heterocycles. The molecule has 0 saturated heterocycles. The Hall–Kier alpha value is -7.01. The fourth-order valence-corrected chi connectivity index (χ4v) is 9.95. The summed E-state index contributed by atoms with van der Waals surface area (Å²) in [5, 5.41) is 10.1. The molecule has 0 aliphatic carbocycles. The van der Waals surface area contributed by atoms with Crippen molar-refractivity contribution >= 4 is 85.9 Å². The minimum absolute atomic E-state index is 0.920. The zero-order valence-electron chi connectivity index (χ0n) is 29.6. The lowest BCUT2D eigenvalue weighted by molar-refractivity contribution is 1.08. The van der Waals surface area contributed by atoms with Gasteiger partial charge in [-0.2, -0.15) is 0 Å². The molecule has 0 atom stereocenters. The Morgan fingerprint density at radius 2 is 0.982 bits per heavy atom. The fourth-order valence-electron chi connectivity index (χ4n) is 8.81. The van der Waals surface area contributed by atoms with Crippen molar-refractivity contribution in [2.24, 2.45) is 0 Å².